The number of benzene rings is 1. The van der Waals surface area contributed by atoms with E-state index in [4.69, 9.17) is 9.47 Å². The lowest BCUT2D eigenvalue weighted by atomic mass is 10.0. The van der Waals surface area contributed by atoms with E-state index in [-0.39, 0.29) is 5.78 Å². The van der Waals surface area contributed by atoms with Crippen molar-refractivity contribution in [1.82, 2.24) is 20.2 Å². The molecule has 7 nitrogen and oxygen atoms in total. The lowest BCUT2D eigenvalue weighted by molar-refractivity contribution is 0.101. The van der Waals surface area contributed by atoms with Crippen LogP contribution in [0.4, 0.5) is 0 Å². The van der Waals surface area contributed by atoms with E-state index in [1.54, 1.807) is 25.4 Å². The number of piperazine rings is 1. The lowest BCUT2D eigenvalue weighted by Gasteiger charge is -2.28. The van der Waals surface area contributed by atoms with Crippen molar-refractivity contribution in [2.24, 2.45) is 0 Å². The molecule has 5 rings (SSSR count). The molecule has 1 fully saturated rings. The third kappa shape index (κ3) is 3.18. The van der Waals surface area contributed by atoms with Crippen molar-refractivity contribution < 1.29 is 14.3 Å². The molecule has 148 valence electrons. The smallest absolute Gasteiger partial charge is 0.231 e. The number of hydrogen-bond acceptors (Lipinski definition) is 6. The van der Waals surface area contributed by atoms with E-state index >= 15 is 0 Å². The number of carbonyl (C=O) groups excluding carboxylic acids is 1. The summed E-state index contributed by atoms with van der Waals surface area (Å²) >= 11 is 0. The molecule has 2 aliphatic rings. The number of carbonyl (C=O) groups is 1. The Bertz CT molecular complexity index is 1110. The maximum Gasteiger partial charge on any atom is 0.231 e. The van der Waals surface area contributed by atoms with Gasteiger partial charge in [0.25, 0.3) is 0 Å². The molecule has 0 aliphatic carbocycles. The zero-order chi connectivity index (χ0) is 19.8. The largest absolute Gasteiger partial charge is 0.496 e. The first-order valence-electron chi connectivity index (χ1n) is 9.74. The second-order valence-electron chi connectivity index (χ2n) is 7.23. The molecule has 0 unspecified atom stereocenters. The number of methoxy groups -OCH3 is 1. The van der Waals surface area contributed by atoms with Crippen molar-refractivity contribution in [3.63, 3.8) is 0 Å². The van der Waals surface area contributed by atoms with Gasteiger partial charge in [-0.25, -0.2) is 4.98 Å². The maximum absolute atomic E-state index is 13.0. The molecule has 0 bridgehead atoms. The number of Topliss-reactive ketones (excluding diaryl/α,β-unsaturated/α-hetero) is 1. The fourth-order valence-electron chi connectivity index (χ4n) is 3.96. The number of fused-ring (bicyclic) bond motifs is 2. The van der Waals surface area contributed by atoms with Gasteiger partial charge in [-0.2, -0.15) is 0 Å². The molecule has 0 atom stereocenters. The van der Waals surface area contributed by atoms with Gasteiger partial charge < -0.3 is 19.8 Å². The van der Waals surface area contributed by atoms with Gasteiger partial charge in [-0.3, -0.25) is 9.69 Å². The Balaban J connectivity index is 1.52. The summed E-state index contributed by atoms with van der Waals surface area (Å²) < 4.78 is 11.7. The van der Waals surface area contributed by atoms with Crippen LogP contribution in [0.2, 0.25) is 0 Å². The van der Waals surface area contributed by atoms with Crippen molar-refractivity contribution in [2.75, 3.05) is 33.3 Å². The van der Waals surface area contributed by atoms with Crippen LogP contribution < -0.4 is 14.8 Å². The predicted molar refractivity (Wildman–Crippen MR) is 110 cm³/mol. The van der Waals surface area contributed by atoms with E-state index in [9.17, 15) is 4.79 Å². The number of nitrogens with one attached hydrogen (secondary N) is 2. The average molecular weight is 390 g/mol. The number of ketones is 1. The number of aromatic amines is 1. The van der Waals surface area contributed by atoms with Crippen molar-refractivity contribution in [3.05, 3.63) is 59.1 Å². The number of nitrogens with zero attached hydrogens (tertiary/aromatic N) is 2. The van der Waals surface area contributed by atoms with E-state index in [0.717, 1.165) is 54.1 Å². The summed E-state index contributed by atoms with van der Waals surface area (Å²) in [6.07, 6.45) is 5.36. The molecule has 0 radical (unpaired) electrons. The molecule has 0 amide bonds. The zero-order valence-corrected chi connectivity index (χ0v) is 16.2. The predicted octanol–water partition coefficient (Wildman–Crippen LogP) is 2.59. The van der Waals surface area contributed by atoms with Crippen molar-refractivity contribution in [3.8, 4) is 11.5 Å². The first-order chi connectivity index (χ1) is 14.2. The fourth-order valence-corrected chi connectivity index (χ4v) is 3.96. The summed E-state index contributed by atoms with van der Waals surface area (Å²) in [6, 6.07) is 7.49. The molecule has 0 spiro atoms. The number of aromatic nitrogens is 2. The molecular formula is C22H22N4O3. The summed E-state index contributed by atoms with van der Waals surface area (Å²) in [6.45, 7) is 4.50. The van der Waals surface area contributed by atoms with Crippen LogP contribution in [0.15, 0.2) is 42.4 Å². The highest BCUT2D eigenvalue weighted by Crippen LogP contribution is 2.40. The van der Waals surface area contributed by atoms with E-state index < -0.39 is 0 Å². The van der Waals surface area contributed by atoms with E-state index in [2.05, 4.69) is 20.2 Å². The highest BCUT2D eigenvalue weighted by atomic mass is 16.5. The first-order valence-corrected chi connectivity index (χ1v) is 9.74. The second kappa shape index (κ2) is 7.35. The Morgan fingerprint density at radius 1 is 1.28 bits per heavy atom. The SMILES string of the molecule is COc1ccc2c(c1CN1CCNCC1)O/C(=C\c1c[nH]c3ncccc13)C2=O. The van der Waals surface area contributed by atoms with Crippen LogP contribution in [0.25, 0.3) is 17.1 Å². The van der Waals surface area contributed by atoms with Crippen molar-refractivity contribution in [2.45, 2.75) is 6.54 Å². The van der Waals surface area contributed by atoms with Crippen LogP contribution in [0.1, 0.15) is 21.5 Å². The molecule has 3 aromatic rings. The van der Waals surface area contributed by atoms with Gasteiger partial charge in [-0.15, -0.1) is 0 Å². The van der Waals surface area contributed by atoms with E-state index in [0.29, 0.717) is 23.6 Å². The zero-order valence-electron chi connectivity index (χ0n) is 16.2. The number of H-pyrrole nitrogens is 1. The fraction of sp³-hybridized carbons (Fsp3) is 0.273. The molecule has 4 heterocycles. The van der Waals surface area contributed by atoms with Crippen molar-refractivity contribution >= 4 is 22.9 Å². The third-order valence-electron chi connectivity index (χ3n) is 5.48. The number of hydrogen-bond donors (Lipinski definition) is 2. The Kier molecular flexibility index (Phi) is 4.54. The quantitative estimate of drug-likeness (QED) is 0.667. The van der Waals surface area contributed by atoms with Gasteiger partial charge in [0, 0.05) is 56.1 Å². The van der Waals surface area contributed by atoms with E-state index in [1.165, 1.54) is 0 Å². The Labute approximate surface area is 168 Å². The summed E-state index contributed by atoms with van der Waals surface area (Å²) in [7, 11) is 1.65. The van der Waals surface area contributed by atoms with Crippen LogP contribution in [-0.4, -0.2) is 53.9 Å². The van der Waals surface area contributed by atoms with Crippen molar-refractivity contribution in [1.29, 1.82) is 0 Å². The highest BCUT2D eigenvalue weighted by molar-refractivity contribution is 6.15. The minimum atomic E-state index is -0.109. The average Bonchev–Trinajstić information content (AvgIpc) is 3.31. The molecule has 2 aromatic heterocycles. The molecule has 2 aliphatic heterocycles. The summed E-state index contributed by atoms with van der Waals surface area (Å²) in [5.74, 6) is 1.56. The molecule has 0 saturated carbocycles. The molecule has 1 aromatic carbocycles. The minimum Gasteiger partial charge on any atom is -0.496 e. The molecule has 2 N–H and O–H groups in total. The van der Waals surface area contributed by atoms with Gasteiger partial charge in [0.1, 0.15) is 17.1 Å². The number of ether oxygens (including phenoxy) is 2. The van der Waals surface area contributed by atoms with Gasteiger partial charge in [-0.05, 0) is 30.3 Å². The second-order valence-corrected chi connectivity index (χ2v) is 7.23. The summed E-state index contributed by atoms with van der Waals surface area (Å²) in [4.78, 5) is 22.8. The standard InChI is InChI=1S/C22H22N4O3/c1-28-18-5-4-16-20(27)19(11-14-12-25-22-15(14)3-2-6-24-22)29-21(16)17(18)13-26-9-7-23-8-10-26/h2-6,11-12,23H,7-10,13H2,1H3,(H,24,25)/b19-11-. The van der Waals surface area contributed by atoms with Gasteiger partial charge in [0.15, 0.2) is 5.76 Å². The van der Waals surface area contributed by atoms with Crippen LogP contribution in [0.3, 0.4) is 0 Å². The maximum atomic E-state index is 13.0. The van der Waals surface area contributed by atoms with Gasteiger partial charge in [0.05, 0.1) is 18.2 Å². The molecule has 29 heavy (non-hydrogen) atoms. The Hall–Kier alpha value is -3.16. The Morgan fingerprint density at radius 2 is 2.14 bits per heavy atom. The Morgan fingerprint density at radius 3 is 2.97 bits per heavy atom. The van der Waals surface area contributed by atoms with Gasteiger partial charge >= 0.3 is 0 Å². The van der Waals surface area contributed by atoms with Crippen LogP contribution in [0.5, 0.6) is 11.5 Å². The number of rotatable bonds is 4. The minimum absolute atomic E-state index is 0.109. The molecule has 7 heteroatoms. The first kappa shape index (κ1) is 17.9. The van der Waals surface area contributed by atoms with Gasteiger partial charge in [-0.1, -0.05) is 0 Å². The summed E-state index contributed by atoms with van der Waals surface area (Å²) in [5, 5.41) is 4.31. The van der Waals surface area contributed by atoms with E-state index in [1.807, 2.05) is 24.4 Å². The monoisotopic (exact) mass is 390 g/mol. The number of pyridine rings is 1. The summed E-state index contributed by atoms with van der Waals surface area (Å²) in [5.41, 5.74) is 3.16. The molecular weight excluding hydrogens is 368 g/mol. The third-order valence-corrected chi connectivity index (χ3v) is 5.48. The molecule has 1 saturated heterocycles. The van der Waals surface area contributed by atoms with Crippen LogP contribution in [0, 0.1) is 0 Å². The normalized spacial score (nSPS) is 18.2. The lowest BCUT2D eigenvalue weighted by Crippen LogP contribution is -2.43. The van der Waals surface area contributed by atoms with Gasteiger partial charge in [0.2, 0.25) is 5.78 Å². The number of allylic oxidation sites excluding steroid dienone is 1. The van der Waals surface area contributed by atoms with Crippen LogP contribution >= 0.6 is 0 Å². The highest BCUT2D eigenvalue weighted by Gasteiger charge is 2.32. The topological polar surface area (TPSA) is 79.5 Å². The van der Waals surface area contributed by atoms with Crippen LogP contribution in [-0.2, 0) is 6.54 Å².